The summed E-state index contributed by atoms with van der Waals surface area (Å²) in [4.78, 5) is 0. The molecule has 6 heteroatoms. The highest BCUT2D eigenvalue weighted by Gasteiger charge is 2.31. The Kier molecular flexibility index (Phi) is 4.29. The molecule has 0 aromatic carbocycles. The van der Waals surface area contributed by atoms with E-state index in [1.54, 1.807) is 0 Å². The lowest BCUT2D eigenvalue weighted by Crippen LogP contribution is -2.25. The number of hydrogen-bond acceptors (Lipinski definition) is 2. The van der Waals surface area contributed by atoms with Crippen molar-refractivity contribution < 1.29 is 27.0 Å². The standard InChI is InChI=1S/C4H6F4O2/c5-1-2-9-4(7,8)10-3-6/h1-3H2. The Balaban J connectivity index is 3.42. The Morgan fingerprint density at radius 2 is 1.70 bits per heavy atom. The topological polar surface area (TPSA) is 18.5 Å². The highest BCUT2D eigenvalue weighted by molar-refractivity contribution is 4.31. The monoisotopic (exact) mass is 162 g/mol. The molecule has 0 spiro atoms. The molecule has 0 aliphatic carbocycles. The second kappa shape index (κ2) is 4.45. The van der Waals surface area contributed by atoms with Gasteiger partial charge in [0.15, 0.2) is 6.86 Å². The molecule has 0 unspecified atom stereocenters. The zero-order chi connectivity index (χ0) is 8.04. The number of hydrogen-bond donors (Lipinski definition) is 0. The molecule has 0 bridgehead atoms. The summed E-state index contributed by atoms with van der Waals surface area (Å²) in [5, 5.41) is 0. The first-order chi connectivity index (χ1) is 4.62. The fourth-order valence-electron chi connectivity index (χ4n) is 0.263. The van der Waals surface area contributed by atoms with Crippen molar-refractivity contribution in [2.75, 3.05) is 20.1 Å². The lowest BCUT2D eigenvalue weighted by molar-refractivity contribution is -0.401. The van der Waals surface area contributed by atoms with Crippen LogP contribution < -0.4 is 0 Å². The van der Waals surface area contributed by atoms with Gasteiger partial charge in [0.1, 0.15) is 6.67 Å². The van der Waals surface area contributed by atoms with Gasteiger partial charge in [-0.2, -0.15) is 0 Å². The van der Waals surface area contributed by atoms with Crippen LogP contribution in [0.15, 0.2) is 0 Å². The van der Waals surface area contributed by atoms with E-state index < -0.39 is 26.4 Å². The molecule has 62 valence electrons. The quantitative estimate of drug-likeness (QED) is 0.450. The van der Waals surface area contributed by atoms with Gasteiger partial charge in [-0.3, -0.25) is 9.47 Å². The highest BCUT2D eigenvalue weighted by atomic mass is 19.3. The Bertz CT molecular complexity index is 87.3. The zero-order valence-corrected chi connectivity index (χ0v) is 4.95. The third-order valence-corrected chi connectivity index (χ3v) is 0.570. The molecule has 10 heavy (non-hydrogen) atoms. The van der Waals surface area contributed by atoms with Crippen LogP contribution in [-0.4, -0.2) is 26.4 Å². The fourth-order valence-corrected chi connectivity index (χ4v) is 0.263. The summed E-state index contributed by atoms with van der Waals surface area (Å²) in [6, 6.07) is 0. The summed E-state index contributed by atoms with van der Waals surface area (Å²) >= 11 is 0. The second-order valence-electron chi connectivity index (χ2n) is 1.25. The van der Waals surface area contributed by atoms with Crippen LogP contribution in [0.25, 0.3) is 0 Å². The van der Waals surface area contributed by atoms with Crippen molar-refractivity contribution in [2.24, 2.45) is 0 Å². The summed E-state index contributed by atoms with van der Waals surface area (Å²) in [6.45, 7) is -3.54. The van der Waals surface area contributed by atoms with E-state index in [0.29, 0.717) is 0 Å². The average molecular weight is 162 g/mol. The van der Waals surface area contributed by atoms with Gasteiger partial charge in [0.25, 0.3) is 0 Å². The van der Waals surface area contributed by atoms with Gasteiger partial charge in [0, 0.05) is 0 Å². The van der Waals surface area contributed by atoms with Gasteiger partial charge in [0.2, 0.25) is 0 Å². The molecule has 0 heterocycles. The number of ether oxygens (including phenoxy) is 2. The maximum atomic E-state index is 11.8. The van der Waals surface area contributed by atoms with Crippen LogP contribution in [-0.2, 0) is 9.47 Å². The third-order valence-electron chi connectivity index (χ3n) is 0.570. The molecule has 0 radical (unpaired) electrons. The van der Waals surface area contributed by atoms with Crippen molar-refractivity contribution in [3.05, 3.63) is 0 Å². The van der Waals surface area contributed by atoms with Gasteiger partial charge in [-0.15, -0.1) is 8.78 Å². The Morgan fingerprint density at radius 1 is 1.10 bits per heavy atom. The van der Waals surface area contributed by atoms with Crippen molar-refractivity contribution in [3.8, 4) is 0 Å². The van der Waals surface area contributed by atoms with Crippen LogP contribution in [0.2, 0.25) is 0 Å². The lowest BCUT2D eigenvalue weighted by atomic mass is 10.8. The SMILES string of the molecule is FCCOC(F)(F)OCF. The van der Waals surface area contributed by atoms with Gasteiger partial charge in [-0.05, 0) is 0 Å². The molecule has 0 N–H and O–H groups in total. The Morgan fingerprint density at radius 3 is 2.10 bits per heavy atom. The zero-order valence-electron chi connectivity index (χ0n) is 4.95. The van der Waals surface area contributed by atoms with E-state index in [1.165, 1.54) is 0 Å². The van der Waals surface area contributed by atoms with Crippen LogP contribution in [0.3, 0.4) is 0 Å². The van der Waals surface area contributed by atoms with E-state index in [1.807, 2.05) is 0 Å². The predicted molar refractivity (Wildman–Crippen MR) is 23.9 cm³/mol. The smallest absolute Gasteiger partial charge is 0.293 e. The van der Waals surface area contributed by atoms with Crippen LogP contribution >= 0.6 is 0 Å². The van der Waals surface area contributed by atoms with Crippen molar-refractivity contribution in [2.45, 2.75) is 6.29 Å². The number of rotatable bonds is 5. The lowest BCUT2D eigenvalue weighted by Gasteiger charge is -2.12. The minimum atomic E-state index is -4.01. The Labute approximate surface area is 54.7 Å². The summed E-state index contributed by atoms with van der Waals surface area (Å²) in [7, 11) is 0. The molecule has 0 saturated heterocycles. The van der Waals surface area contributed by atoms with Gasteiger partial charge >= 0.3 is 6.29 Å². The summed E-state index contributed by atoms with van der Waals surface area (Å²) < 4.78 is 52.3. The Hall–Kier alpha value is -0.360. The van der Waals surface area contributed by atoms with Gasteiger partial charge in [-0.25, -0.2) is 8.78 Å². The molecular formula is C4H6F4O2. The van der Waals surface area contributed by atoms with Gasteiger partial charge in [-0.1, -0.05) is 0 Å². The van der Waals surface area contributed by atoms with Crippen LogP contribution in [0.5, 0.6) is 0 Å². The summed E-state index contributed by atoms with van der Waals surface area (Å²) in [5.74, 6) is 0. The van der Waals surface area contributed by atoms with Crippen LogP contribution in [0, 0.1) is 0 Å². The summed E-state index contributed by atoms with van der Waals surface area (Å²) in [5.41, 5.74) is 0. The first-order valence-corrected chi connectivity index (χ1v) is 2.40. The van der Waals surface area contributed by atoms with Gasteiger partial charge in [0.05, 0.1) is 6.61 Å². The largest absolute Gasteiger partial charge is 0.487 e. The molecule has 0 fully saturated rings. The molecule has 0 aromatic rings. The van der Waals surface area contributed by atoms with E-state index >= 15 is 0 Å². The third kappa shape index (κ3) is 4.51. The van der Waals surface area contributed by atoms with Crippen molar-refractivity contribution in [1.82, 2.24) is 0 Å². The normalized spacial score (nSPS) is 12.0. The van der Waals surface area contributed by atoms with Gasteiger partial charge < -0.3 is 0 Å². The van der Waals surface area contributed by atoms with E-state index in [-0.39, 0.29) is 0 Å². The fraction of sp³-hybridized carbons (Fsp3) is 1.00. The maximum absolute atomic E-state index is 11.8. The molecule has 0 saturated carbocycles. The molecule has 0 rings (SSSR count). The second-order valence-corrected chi connectivity index (χ2v) is 1.25. The van der Waals surface area contributed by atoms with E-state index in [4.69, 9.17) is 0 Å². The highest BCUT2D eigenvalue weighted by Crippen LogP contribution is 2.16. The van der Waals surface area contributed by atoms with E-state index in [2.05, 4.69) is 9.47 Å². The summed E-state index contributed by atoms with van der Waals surface area (Å²) in [6.07, 6.45) is -4.01. The van der Waals surface area contributed by atoms with Crippen LogP contribution in [0.4, 0.5) is 17.6 Å². The minimum Gasteiger partial charge on any atom is -0.293 e. The molecular weight excluding hydrogens is 156 g/mol. The molecule has 0 aromatic heterocycles. The first-order valence-electron chi connectivity index (χ1n) is 2.40. The van der Waals surface area contributed by atoms with Crippen molar-refractivity contribution >= 4 is 0 Å². The molecule has 0 amide bonds. The molecule has 0 aliphatic heterocycles. The van der Waals surface area contributed by atoms with E-state index in [0.717, 1.165) is 0 Å². The number of halogens is 4. The van der Waals surface area contributed by atoms with Crippen molar-refractivity contribution in [1.29, 1.82) is 0 Å². The molecule has 0 atom stereocenters. The van der Waals surface area contributed by atoms with Crippen LogP contribution in [0.1, 0.15) is 0 Å². The molecule has 2 nitrogen and oxygen atoms in total. The van der Waals surface area contributed by atoms with Crippen molar-refractivity contribution in [3.63, 3.8) is 0 Å². The predicted octanol–water partition coefficient (Wildman–Crippen LogP) is 1.47. The maximum Gasteiger partial charge on any atom is 0.487 e. The minimum absolute atomic E-state index is 0.812. The average Bonchev–Trinajstić information content (AvgIpc) is 1.84. The molecule has 0 aliphatic rings. The van der Waals surface area contributed by atoms with E-state index in [9.17, 15) is 17.6 Å². The number of alkyl halides is 4. The first kappa shape index (κ1) is 9.64.